The topological polar surface area (TPSA) is 71.3 Å². The zero-order valence-corrected chi connectivity index (χ0v) is 12.0. The lowest BCUT2D eigenvalue weighted by Gasteiger charge is -2.35. The van der Waals surface area contributed by atoms with E-state index < -0.39 is 6.04 Å². The average molecular weight is 277 g/mol. The fraction of sp³-hybridized carbons (Fsp3) is 0.692. The van der Waals surface area contributed by atoms with Crippen molar-refractivity contribution in [1.29, 1.82) is 0 Å². The van der Waals surface area contributed by atoms with Gasteiger partial charge in [-0.25, -0.2) is 9.48 Å². The van der Waals surface area contributed by atoms with Crippen molar-refractivity contribution < 1.29 is 9.59 Å². The molecule has 1 saturated carbocycles. The summed E-state index contributed by atoms with van der Waals surface area (Å²) in [6, 6.07) is -0.463. The molecule has 20 heavy (non-hydrogen) atoms. The number of aryl methyl sites for hydroxylation is 2. The Morgan fingerprint density at radius 1 is 1.30 bits per heavy atom. The number of aromatic nitrogens is 3. The summed E-state index contributed by atoms with van der Waals surface area (Å²) in [4.78, 5) is 32.2. The Morgan fingerprint density at radius 2 is 2.00 bits per heavy atom. The lowest BCUT2D eigenvalue weighted by atomic mass is 9.91. The Hall–Kier alpha value is -1.92. The Balaban J connectivity index is 1.96. The summed E-state index contributed by atoms with van der Waals surface area (Å²) in [5.41, 5.74) is 0. The molecule has 2 aliphatic rings. The highest BCUT2D eigenvalue weighted by Crippen LogP contribution is 2.33. The van der Waals surface area contributed by atoms with Crippen LogP contribution in [-0.4, -0.2) is 43.7 Å². The Labute approximate surface area is 117 Å². The molecule has 7 heteroatoms. The van der Waals surface area contributed by atoms with Gasteiger partial charge < -0.3 is 4.90 Å². The number of rotatable bonds is 3. The van der Waals surface area contributed by atoms with Crippen molar-refractivity contribution in [3.63, 3.8) is 0 Å². The van der Waals surface area contributed by atoms with Crippen molar-refractivity contribution >= 4 is 17.9 Å². The van der Waals surface area contributed by atoms with Gasteiger partial charge in [-0.1, -0.05) is 0 Å². The van der Waals surface area contributed by atoms with Crippen molar-refractivity contribution in [2.75, 3.05) is 4.90 Å². The van der Waals surface area contributed by atoms with Gasteiger partial charge in [0.15, 0.2) is 0 Å². The molecule has 3 amide bonds. The van der Waals surface area contributed by atoms with Crippen LogP contribution in [0.5, 0.6) is 0 Å². The summed E-state index contributed by atoms with van der Waals surface area (Å²) in [5, 5.41) is 4.21. The molecule has 1 aliphatic carbocycles. The highest BCUT2D eigenvalue weighted by Gasteiger charge is 2.49. The summed E-state index contributed by atoms with van der Waals surface area (Å²) in [6.45, 7) is 6.03. The van der Waals surface area contributed by atoms with E-state index in [-0.39, 0.29) is 18.0 Å². The van der Waals surface area contributed by atoms with Crippen LogP contribution in [0, 0.1) is 6.92 Å². The van der Waals surface area contributed by atoms with Gasteiger partial charge in [-0.15, -0.1) is 0 Å². The second kappa shape index (κ2) is 4.57. The van der Waals surface area contributed by atoms with Gasteiger partial charge in [0.2, 0.25) is 5.95 Å². The number of hydrogen-bond acceptors (Lipinski definition) is 4. The number of carbonyl (C=O) groups is 2. The van der Waals surface area contributed by atoms with Crippen molar-refractivity contribution in [2.45, 2.75) is 58.7 Å². The molecule has 0 aromatic carbocycles. The standard InChI is InChI=1S/C13H19N5O2/c1-4-16-12(14-9(3)15-16)18-11(19)8(2)17(13(18)20)10-6-5-7-10/h8,10H,4-7H2,1-3H3. The average Bonchev–Trinajstić information content (AvgIpc) is 2.81. The fourth-order valence-corrected chi connectivity index (χ4v) is 2.82. The van der Waals surface area contributed by atoms with Crippen LogP contribution >= 0.6 is 0 Å². The molecule has 7 nitrogen and oxygen atoms in total. The molecular weight excluding hydrogens is 258 g/mol. The smallest absolute Gasteiger partial charge is 0.309 e. The van der Waals surface area contributed by atoms with Gasteiger partial charge in [-0.3, -0.25) is 4.79 Å². The molecule has 2 heterocycles. The van der Waals surface area contributed by atoms with Crippen LogP contribution in [-0.2, 0) is 11.3 Å². The predicted octanol–water partition coefficient (Wildman–Crippen LogP) is 1.32. The van der Waals surface area contributed by atoms with Gasteiger partial charge in [0.05, 0.1) is 0 Å². The minimum atomic E-state index is -0.407. The maximum atomic E-state index is 12.6. The van der Waals surface area contributed by atoms with E-state index >= 15 is 0 Å². The molecule has 1 atom stereocenters. The number of hydrogen-bond donors (Lipinski definition) is 0. The van der Waals surface area contributed by atoms with E-state index in [1.165, 1.54) is 4.90 Å². The number of amides is 3. The molecule has 1 aliphatic heterocycles. The molecule has 1 aromatic heterocycles. The molecule has 0 N–H and O–H groups in total. The third kappa shape index (κ3) is 1.72. The third-order valence-corrected chi connectivity index (χ3v) is 4.13. The largest absolute Gasteiger partial charge is 0.334 e. The molecule has 1 saturated heterocycles. The zero-order chi connectivity index (χ0) is 14.4. The minimum absolute atomic E-state index is 0.200. The Kier molecular flexibility index (Phi) is 2.99. The van der Waals surface area contributed by atoms with Gasteiger partial charge in [0.25, 0.3) is 5.91 Å². The first kappa shape index (κ1) is 13.1. The molecule has 0 radical (unpaired) electrons. The first-order valence-electron chi connectivity index (χ1n) is 7.12. The highest BCUT2D eigenvalue weighted by molar-refractivity contribution is 6.20. The molecular formula is C13H19N5O2. The second-order valence-corrected chi connectivity index (χ2v) is 5.40. The second-order valence-electron chi connectivity index (χ2n) is 5.40. The van der Waals surface area contributed by atoms with E-state index in [0.717, 1.165) is 19.3 Å². The summed E-state index contributed by atoms with van der Waals surface area (Å²) in [7, 11) is 0. The highest BCUT2D eigenvalue weighted by atomic mass is 16.2. The molecule has 1 aromatic rings. The molecule has 0 spiro atoms. The number of urea groups is 1. The lowest BCUT2D eigenvalue weighted by Crippen LogP contribution is -2.46. The van der Waals surface area contributed by atoms with Gasteiger partial charge in [-0.2, -0.15) is 15.0 Å². The lowest BCUT2D eigenvalue weighted by molar-refractivity contribution is -0.120. The number of imide groups is 1. The third-order valence-electron chi connectivity index (χ3n) is 4.13. The fourth-order valence-electron chi connectivity index (χ4n) is 2.82. The van der Waals surface area contributed by atoms with Crippen molar-refractivity contribution in [1.82, 2.24) is 19.7 Å². The SMILES string of the molecule is CCn1nc(C)nc1N1C(=O)C(C)N(C2CCC2)C1=O. The van der Waals surface area contributed by atoms with Crippen LogP contribution in [0.1, 0.15) is 38.9 Å². The van der Waals surface area contributed by atoms with Crippen LogP contribution in [0.25, 0.3) is 0 Å². The van der Waals surface area contributed by atoms with Gasteiger partial charge in [0.1, 0.15) is 11.9 Å². The quantitative estimate of drug-likeness (QED) is 0.781. The van der Waals surface area contributed by atoms with Gasteiger partial charge in [0, 0.05) is 12.6 Å². The molecule has 1 unspecified atom stereocenters. The van der Waals surface area contributed by atoms with Crippen LogP contribution in [0.2, 0.25) is 0 Å². The van der Waals surface area contributed by atoms with Crippen LogP contribution < -0.4 is 4.90 Å². The molecule has 2 fully saturated rings. The van der Waals surface area contributed by atoms with Gasteiger partial charge >= 0.3 is 6.03 Å². The van der Waals surface area contributed by atoms with E-state index in [2.05, 4.69) is 10.1 Å². The minimum Gasteiger partial charge on any atom is -0.309 e. The normalized spacial score (nSPS) is 23.6. The number of nitrogens with zero attached hydrogens (tertiary/aromatic N) is 5. The Morgan fingerprint density at radius 3 is 2.55 bits per heavy atom. The van der Waals surface area contributed by atoms with E-state index in [9.17, 15) is 9.59 Å². The summed E-state index contributed by atoms with van der Waals surface area (Å²) >= 11 is 0. The number of carbonyl (C=O) groups excluding carboxylic acids is 2. The van der Waals surface area contributed by atoms with E-state index in [1.807, 2.05) is 6.92 Å². The summed E-state index contributed by atoms with van der Waals surface area (Å²) in [6.07, 6.45) is 3.09. The maximum absolute atomic E-state index is 12.6. The van der Waals surface area contributed by atoms with E-state index in [4.69, 9.17) is 0 Å². The van der Waals surface area contributed by atoms with Crippen LogP contribution in [0.4, 0.5) is 10.7 Å². The van der Waals surface area contributed by atoms with E-state index in [1.54, 1.807) is 23.4 Å². The summed E-state index contributed by atoms with van der Waals surface area (Å²) < 4.78 is 1.60. The van der Waals surface area contributed by atoms with Crippen LogP contribution in [0.3, 0.4) is 0 Å². The first-order valence-corrected chi connectivity index (χ1v) is 7.12. The van der Waals surface area contributed by atoms with Crippen molar-refractivity contribution in [2.24, 2.45) is 0 Å². The van der Waals surface area contributed by atoms with Gasteiger partial charge in [-0.05, 0) is 40.0 Å². The van der Waals surface area contributed by atoms with Crippen LogP contribution in [0.15, 0.2) is 0 Å². The summed E-state index contributed by atoms with van der Waals surface area (Å²) in [5.74, 6) is 0.704. The monoisotopic (exact) mass is 277 g/mol. The predicted molar refractivity (Wildman–Crippen MR) is 72.3 cm³/mol. The Bertz CT molecular complexity index is 563. The first-order chi connectivity index (χ1) is 9.54. The molecule has 3 rings (SSSR count). The number of anilines is 1. The zero-order valence-electron chi connectivity index (χ0n) is 12.0. The molecule has 108 valence electrons. The van der Waals surface area contributed by atoms with E-state index in [0.29, 0.717) is 18.3 Å². The maximum Gasteiger partial charge on any atom is 0.334 e. The van der Waals surface area contributed by atoms with Crippen molar-refractivity contribution in [3.8, 4) is 0 Å². The van der Waals surface area contributed by atoms with Crippen molar-refractivity contribution in [3.05, 3.63) is 5.82 Å². The molecule has 0 bridgehead atoms.